The fourth-order valence-electron chi connectivity index (χ4n) is 2.18. The summed E-state index contributed by atoms with van der Waals surface area (Å²) >= 11 is 0. The standard InChI is InChI=1S/C13H28N2/c1-4-15(11-12-7-5-8-12)10-6-9-13(2,3)14/h12H,4-11,14H2,1-3H3. The van der Waals surface area contributed by atoms with E-state index in [-0.39, 0.29) is 5.54 Å². The van der Waals surface area contributed by atoms with E-state index < -0.39 is 0 Å². The van der Waals surface area contributed by atoms with Crippen LogP contribution in [0.25, 0.3) is 0 Å². The molecule has 0 atom stereocenters. The van der Waals surface area contributed by atoms with Crippen molar-refractivity contribution < 1.29 is 0 Å². The van der Waals surface area contributed by atoms with Crippen LogP contribution < -0.4 is 5.73 Å². The van der Waals surface area contributed by atoms with Gasteiger partial charge in [0.1, 0.15) is 0 Å². The lowest BCUT2D eigenvalue weighted by molar-refractivity contribution is 0.179. The van der Waals surface area contributed by atoms with Crippen LogP contribution in [0.1, 0.15) is 52.9 Å². The lowest BCUT2D eigenvalue weighted by Crippen LogP contribution is -2.36. The van der Waals surface area contributed by atoms with Crippen LogP contribution in [0.15, 0.2) is 0 Å². The summed E-state index contributed by atoms with van der Waals surface area (Å²) < 4.78 is 0. The van der Waals surface area contributed by atoms with E-state index in [0.29, 0.717) is 0 Å². The Bertz CT molecular complexity index is 168. The van der Waals surface area contributed by atoms with Gasteiger partial charge in [-0.1, -0.05) is 13.3 Å². The predicted molar refractivity (Wildman–Crippen MR) is 67.0 cm³/mol. The highest BCUT2D eigenvalue weighted by Crippen LogP contribution is 2.27. The van der Waals surface area contributed by atoms with E-state index in [4.69, 9.17) is 5.73 Å². The van der Waals surface area contributed by atoms with Gasteiger partial charge < -0.3 is 10.6 Å². The third kappa shape index (κ3) is 5.53. The molecule has 2 heteroatoms. The molecule has 0 spiro atoms. The van der Waals surface area contributed by atoms with Crippen molar-refractivity contribution in [2.24, 2.45) is 11.7 Å². The average molecular weight is 212 g/mol. The summed E-state index contributed by atoms with van der Waals surface area (Å²) in [5.74, 6) is 0.996. The zero-order valence-corrected chi connectivity index (χ0v) is 10.8. The van der Waals surface area contributed by atoms with E-state index in [1.54, 1.807) is 0 Å². The van der Waals surface area contributed by atoms with E-state index in [9.17, 15) is 0 Å². The molecule has 15 heavy (non-hydrogen) atoms. The van der Waals surface area contributed by atoms with Crippen molar-refractivity contribution in [1.29, 1.82) is 0 Å². The average Bonchev–Trinajstić information content (AvgIpc) is 2.05. The molecule has 0 aromatic rings. The van der Waals surface area contributed by atoms with E-state index in [2.05, 4.69) is 25.7 Å². The van der Waals surface area contributed by atoms with Gasteiger partial charge in [-0.05, 0) is 58.5 Å². The van der Waals surface area contributed by atoms with E-state index >= 15 is 0 Å². The second-order valence-corrected chi connectivity index (χ2v) is 5.78. The molecular formula is C13H28N2. The summed E-state index contributed by atoms with van der Waals surface area (Å²) in [6.45, 7) is 10.3. The Balaban J connectivity index is 2.10. The van der Waals surface area contributed by atoms with Crippen LogP contribution in [-0.2, 0) is 0 Å². The zero-order chi connectivity index (χ0) is 11.3. The van der Waals surface area contributed by atoms with Gasteiger partial charge in [0.2, 0.25) is 0 Å². The summed E-state index contributed by atoms with van der Waals surface area (Å²) in [5, 5.41) is 0. The van der Waals surface area contributed by atoms with Crippen LogP contribution in [0, 0.1) is 5.92 Å². The molecule has 1 fully saturated rings. The van der Waals surface area contributed by atoms with Gasteiger partial charge in [-0.25, -0.2) is 0 Å². The largest absolute Gasteiger partial charge is 0.326 e. The first kappa shape index (κ1) is 13.0. The number of nitrogens with zero attached hydrogens (tertiary/aromatic N) is 1. The maximum Gasteiger partial charge on any atom is 0.00975 e. The summed E-state index contributed by atoms with van der Waals surface area (Å²) in [6.07, 6.45) is 6.74. The topological polar surface area (TPSA) is 29.3 Å². The Morgan fingerprint density at radius 1 is 1.33 bits per heavy atom. The Morgan fingerprint density at radius 2 is 2.00 bits per heavy atom. The van der Waals surface area contributed by atoms with Crippen molar-refractivity contribution in [3.05, 3.63) is 0 Å². The molecule has 0 aromatic heterocycles. The molecule has 0 aliphatic heterocycles. The number of hydrogen-bond donors (Lipinski definition) is 1. The third-order valence-electron chi connectivity index (χ3n) is 3.48. The minimum absolute atomic E-state index is 0.00980. The van der Waals surface area contributed by atoms with Gasteiger partial charge in [0.25, 0.3) is 0 Å². The fraction of sp³-hybridized carbons (Fsp3) is 1.00. The van der Waals surface area contributed by atoms with E-state index in [1.165, 1.54) is 45.3 Å². The summed E-state index contributed by atoms with van der Waals surface area (Å²) in [7, 11) is 0. The zero-order valence-electron chi connectivity index (χ0n) is 10.8. The summed E-state index contributed by atoms with van der Waals surface area (Å²) in [5.41, 5.74) is 5.99. The van der Waals surface area contributed by atoms with Crippen molar-refractivity contribution in [2.75, 3.05) is 19.6 Å². The highest BCUT2D eigenvalue weighted by Gasteiger charge is 2.20. The lowest BCUT2D eigenvalue weighted by Gasteiger charge is -2.32. The first-order valence-corrected chi connectivity index (χ1v) is 6.52. The van der Waals surface area contributed by atoms with Gasteiger partial charge in [-0.15, -0.1) is 0 Å². The van der Waals surface area contributed by atoms with Crippen LogP contribution in [0.2, 0.25) is 0 Å². The maximum absolute atomic E-state index is 5.98. The molecule has 0 radical (unpaired) electrons. The highest BCUT2D eigenvalue weighted by atomic mass is 15.1. The molecular weight excluding hydrogens is 184 g/mol. The van der Waals surface area contributed by atoms with Crippen molar-refractivity contribution >= 4 is 0 Å². The van der Waals surface area contributed by atoms with Gasteiger partial charge in [-0.3, -0.25) is 0 Å². The van der Waals surface area contributed by atoms with Crippen molar-refractivity contribution in [2.45, 2.75) is 58.4 Å². The van der Waals surface area contributed by atoms with Crippen LogP contribution in [0.5, 0.6) is 0 Å². The van der Waals surface area contributed by atoms with Crippen LogP contribution >= 0.6 is 0 Å². The van der Waals surface area contributed by atoms with Crippen molar-refractivity contribution in [1.82, 2.24) is 4.90 Å². The Kier molecular flexibility index (Phi) is 5.07. The first-order chi connectivity index (χ1) is 7.01. The molecule has 0 bridgehead atoms. The molecule has 0 heterocycles. The number of nitrogens with two attached hydrogens (primary N) is 1. The second-order valence-electron chi connectivity index (χ2n) is 5.78. The Morgan fingerprint density at radius 3 is 2.40 bits per heavy atom. The van der Waals surface area contributed by atoms with Gasteiger partial charge in [0.05, 0.1) is 0 Å². The van der Waals surface area contributed by atoms with Gasteiger partial charge in [-0.2, -0.15) is 0 Å². The summed E-state index contributed by atoms with van der Waals surface area (Å²) in [6, 6.07) is 0. The van der Waals surface area contributed by atoms with Gasteiger partial charge >= 0.3 is 0 Å². The van der Waals surface area contributed by atoms with E-state index in [0.717, 1.165) is 12.3 Å². The van der Waals surface area contributed by atoms with E-state index in [1.807, 2.05) is 0 Å². The van der Waals surface area contributed by atoms with Crippen LogP contribution in [-0.4, -0.2) is 30.1 Å². The van der Waals surface area contributed by atoms with Crippen molar-refractivity contribution in [3.63, 3.8) is 0 Å². The molecule has 0 unspecified atom stereocenters. The molecule has 1 aliphatic carbocycles. The quantitative estimate of drug-likeness (QED) is 0.703. The molecule has 0 saturated heterocycles. The number of hydrogen-bond acceptors (Lipinski definition) is 2. The highest BCUT2D eigenvalue weighted by molar-refractivity contribution is 4.75. The first-order valence-electron chi connectivity index (χ1n) is 6.52. The second kappa shape index (κ2) is 5.86. The predicted octanol–water partition coefficient (Wildman–Crippen LogP) is 2.63. The van der Waals surface area contributed by atoms with Gasteiger partial charge in [0, 0.05) is 12.1 Å². The smallest absolute Gasteiger partial charge is 0.00975 e. The minimum atomic E-state index is 0.00980. The Labute approximate surface area is 95.2 Å². The minimum Gasteiger partial charge on any atom is -0.326 e. The monoisotopic (exact) mass is 212 g/mol. The van der Waals surface area contributed by atoms with Crippen LogP contribution in [0.4, 0.5) is 0 Å². The van der Waals surface area contributed by atoms with Crippen molar-refractivity contribution in [3.8, 4) is 0 Å². The molecule has 2 N–H and O–H groups in total. The third-order valence-corrected chi connectivity index (χ3v) is 3.48. The normalized spacial score (nSPS) is 18.2. The summed E-state index contributed by atoms with van der Waals surface area (Å²) in [4.78, 5) is 2.59. The fourth-order valence-corrected chi connectivity index (χ4v) is 2.18. The molecule has 0 amide bonds. The molecule has 1 saturated carbocycles. The number of rotatable bonds is 7. The maximum atomic E-state index is 5.98. The van der Waals surface area contributed by atoms with Crippen LogP contribution in [0.3, 0.4) is 0 Å². The molecule has 2 nitrogen and oxygen atoms in total. The SMILES string of the molecule is CCN(CCCC(C)(C)N)CC1CCC1. The lowest BCUT2D eigenvalue weighted by atomic mass is 9.85. The molecule has 0 aromatic carbocycles. The molecule has 1 aliphatic rings. The molecule has 90 valence electrons. The molecule has 1 rings (SSSR count). The van der Waals surface area contributed by atoms with Gasteiger partial charge in [0.15, 0.2) is 0 Å². The Hall–Kier alpha value is -0.0800.